The molecule has 0 saturated heterocycles. The van der Waals surface area contributed by atoms with Crippen LogP contribution in [0.4, 0.5) is 0 Å². The van der Waals surface area contributed by atoms with Crippen LogP contribution in [0.2, 0.25) is 0 Å². The SMILES string of the molecule is Cc1nc(CN(C)C(=O)c2ccc(=O)[nH]c2)cs1. The minimum absolute atomic E-state index is 0.142. The van der Waals surface area contributed by atoms with E-state index in [-0.39, 0.29) is 11.5 Å². The van der Waals surface area contributed by atoms with E-state index >= 15 is 0 Å². The topological polar surface area (TPSA) is 66.1 Å². The van der Waals surface area contributed by atoms with Crippen LogP contribution in [0, 0.1) is 6.92 Å². The fourth-order valence-electron chi connectivity index (χ4n) is 1.56. The van der Waals surface area contributed by atoms with Gasteiger partial charge in [-0.05, 0) is 13.0 Å². The van der Waals surface area contributed by atoms with Gasteiger partial charge in [0.2, 0.25) is 5.56 Å². The second-order valence-corrected chi connectivity index (χ2v) is 5.02. The summed E-state index contributed by atoms with van der Waals surface area (Å²) in [6.07, 6.45) is 1.42. The molecule has 2 rings (SSSR count). The highest BCUT2D eigenvalue weighted by Gasteiger charge is 2.13. The molecule has 0 radical (unpaired) electrons. The molecule has 94 valence electrons. The van der Waals surface area contributed by atoms with Gasteiger partial charge in [-0.3, -0.25) is 9.59 Å². The summed E-state index contributed by atoms with van der Waals surface area (Å²) in [4.78, 5) is 31.3. The first-order valence-electron chi connectivity index (χ1n) is 5.41. The van der Waals surface area contributed by atoms with E-state index in [4.69, 9.17) is 0 Å². The molecule has 0 spiro atoms. The summed E-state index contributed by atoms with van der Waals surface area (Å²) in [6.45, 7) is 2.39. The zero-order valence-electron chi connectivity index (χ0n) is 10.1. The molecule has 1 N–H and O–H groups in total. The molecule has 0 atom stereocenters. The van der Waals surface area contributed by atoms with Gasteiger partial charge in [0.05, 0.1) is 22.8 Å². The fourth-order valence-corrected chi connectivity index (χ4v) is 2.16. The molecule has 2 aromatic rings. The number of H-pyrrole nitrogens is 1. The Hall–Kier alpha value is -1.95. The van der Waals surface area contributed by atoms with Crippen molar-refractivity contribution in [2.45, 2.75) is 13.5 Å². The molecule has 0 unspecified atom stereocenters. The first-order valence-corrected chi connectivity index (χ1v) is 6.29. The largest absolute Gasteiger partial charge is 0.336 e. The average Bonchev–Trinajstić information content (AvgIpc) is 2.75. The quantitative estimate of drug-likeness (QED) is 0.910. The van der Waals surface area contributed by atoms with Gasteiger partial charge in [-0.25, -0.2) is 4.98 Å². The number of amides is 1. The molecule has 0 aliphatic heterocycles. The summed E-state index contributed by atoms with van der Waals surface area (Å²) in [5, 5.41) is 2.92. The highest BCUT2D eigenvalue weighted by Crippen LogP contribution is 2.11. The van der Waals surface area contributed by atoms with E-state index in [1.807, 2.05) is 12.3 Å². The molecule has 0 saturated carbocycles. The van der Waals surface area contributed by atoms with Crippen molar-refractivity contribution in [1.29, 1.82) is 0 Å². The van der Waals surface area contributed by atoms with Crippen LogP contribution in [0.15, 0.2) is 28.5 Å². The van der Waals surface area contributed by atoms with Gasteiger partial charge < -0.3 is 9.88 Å². The van der Waals surface area contributed by atoms with Crippen molar-refractivity contribution in [2.24, 2.45) is 0 Å². The van der Waals surface area contributed by atoms with Crippen molar-refractivity contribution < 1.29 is 4.79 Å². The number of pyridine rings is 1. The van der Waals surface area contributed by atoms with Crippen LogP contribution < -0.4 is 5.56 Å². The zero-order chi connectivity index (χ0) is 13.1. The van der Waals surface area contributed by atoms with Crippen molar-refractivity contribution in [3.05, 3.63) is 50.3 Å². The number of thiazole rings is 1. The second-order valence-electron chi connectivity index (χ2n) is 3.96. The number of nitrogens with zero attached hydrogens (tertiary/aromatic N) is 2. The van der Waals surface area contributed by atoms with Crippen molar-refractivity contribution in [2.75, 3.05) is 7.05 Å². The Kier molecular flexibility index (Phi) is 3.57. The first-order chi connectivity index (χ1) is 8.56. The maximum Gasteiger partial charge on any atom is 0.255 e. The minimum Gasteiger partial charge on any atom is -0.336 e. The van der Waals surface area contributed by atoms with Crippen LogP contribution >= 0.6 is 11.3 Å². The van der Waals surface area contributed by atoms with Crippen LogP contribution in [-0.4, -0.2) is 27.8 Å². The third-order valence-electron chi connectivity index (χ3n) is 2.44. The Morgan fingerprint density at radius 3 is 2.83 bits per heavy atom. The highest BCUT2D eigenvalue weighted by atomic mass is 32.1. The number of rotatable bonds is 3. The van der Waals surface area contributed by atoms with Crippen molar-refractivity contribution in [3.63, 3.8) is 0 Å². The van der Waals surface area contributed by atoms with Gasteiger partial charge in [-0.1, -0.05) is 0 Å². The number of aryl methyl sites for hydroxylation is 1. The molecule has 2 heterocycles. The monoisotopic (exact) mass is 263 g/mol. The van der Waals surface area contributed by atoms with Gasteiger partial charge in [-0.15, -0.1) is 11.3 Å². The number of hydrogen-bond donors (Lipinski definition) is 1. The van der Waals surface area contributed by atoms with E-state index in [1.54, 1.807) is 23.3 Å². The summed E-state index contributed by atoms with van der Waals surface area (Å²) in [6, 6.07) is 2.86. The van der Waals surface area contributed by atoms with E-state index in [2.05, 4.69) is 9.97 Å². The second kappa shape index (κ2) is 5.14. The molecule has 1 amide bonds. The number of carbonyl (C=O) groups excluding carboxylic acids is 1. The lowest BCUT2D eigenvalue weighted by atomic mass is 10.2. The van der Waals surface area contributed by atoms with Gasteiger partial charge in [0.1, 0.15) is 0 Å². The lowest BCUT2D eigenvalue weighted by molar-refractivity contribution is 0.0783. The summed E-state index contributed by atoms with van der Waals surface area (Å²) in [5.41, 5.74) is 1.12. The zero-order valence-corrected chi connectivity index (χ0v) is 11.0. The lowest BCUT2D eigenvalue weighted by Crippen LogP contribution is -2.27. The molecule has 0 aromatic carbocycles. The van der Waals surface area contributed by atoms with E-state index < -0.39 is 0 Å². The third kappa shape index (κ3) is 2.84. The maximum absolute atomic E-state index is 12.0. The van der Waals surface area contributed by atoms with Crippen LogP contribution in [0.3, 0.4) is 0 Å². The van der Waals surface area contributed by atoms with Crippen LogP contribution in [0.25, 0.3) is 0 Å². The third-order valence-corrected chi connectivity index (χ3v) is 3.27. The first kappa shape index (κ1) is 12.5. The lowest BCUT2D eigenvalue weighted by Gasteiger charge is -2.15. The van der Waals surface area contributed by atoms with Crippen LogP contribution in [-0.2, 0) is 6.54 Å². The molecule has 0 bridgehead atoms. The average molecular weight is 263 g/mol. The molecule has 5 nitrogen and oxygen atoms in total. The summed E-state index contributed by atoms with van der Waals surface area (Å²) >= 11 is 1.56. The summed E-state index contributed by atoms with van der Waals surface area (Å²) < 4.78 is 0. The number of aromatic nitrogens is 2. The van der Waals surface area contributed by atoms with Crippen molar-refractivity contribution >= 4 is 17.2 Å². The van der Waals surface area contributed by atoms with Gasteiger partial charge >= 0.3 is 0 Å². The minimum atomic E-state index is -0.218. The number of nitrogens with one attached hydrogen (secondary N) is 1. The van der Waals surface area contributed by atoms with E-state index in [0.29, 0.717) is 12.1 Å². The maximum atomic E-state index is 12.0. The van der Waals surface area contributed by atoms with Gasteiger partial charge in [-0.2, -0.15) is 0 Å². The number of aromatic amines is 1. The molecular formula is C12H13N3O2S. The molecule has 6 heteroatoms. The van der Waals surface area contributed by atoms with Gasteiger partial charge in [0, 0.05) is 24.7 Å². The summed E-state index contributed by atoms with van der Waals surface area (Å²) in [7, 11) is 1.71. The predicted molar refractivity (Wildman–Crippen MR) is 69.7 cm³/mol. The van der Waals surface area contributed by atoms with Gasteiger partial charge in [0.25, 0.3) is 5.91 Å². The van der Waals surface area contributed by atoms with E-state index in [0.717, 1.165) is 10.7 Å². The van der Waals surface area contributed by atoms with Crippen molar-refractivity contribution in [3.8, 4) is 0 Å². The Labute approximate surface area is 108 Å². The van der Waals surface area contributed by atoms with E-state index in [9.17, 15) is 9.59 Å². The van der Waals surface area contributed by atoms with Crippen molar-refractivity contribution in [1.82, 2.24) is 14.9 Å². The Morgan fingerprint density at radius 2 is 2.28 bits per heavy atom. The number of hydrogen-bond acceptors (Lipinski definition) is 4. The number of carbonyl (C=O) groups is 1. The standard InChI is InChI=1S/C12H13N3O2S/c1-8-14-10(7-18-8)6-15(2)12(17)9-3-4-11(16)13-5-9/h3-5,7H,6H2,1-2H3,(H,13,16). The Bertz CT molecular complexity index is 597. The summed E-state index contributed by atoms with van der Waals surface area (Å²) in [5.74, 6) is -0.142. The van der Waals surface area contributed by atoms with Gasteiger partial charge in [0.15, 0.2) is 0 Å². The molecule has 18 heavy (non-hydrogen) atoms. The highest BCUT2D eigenvalue weighted by molar-refractivity contribution is 7.09. The Morgan fingerprint density at radius 1 is 1.50 bits per heavy atom. The molecular weight excluding hydrogens is 250 g/mol. The fraction of sp³-hybridized carbons (Fsp3) is 0.250. The smallest absolute Gasteiger partial charge is 0.255 e. The van der Waals surface area contributed by atoms with Crippen LogP contribution in [0.5, 0.6) is 0 Å². The molecule has 0 fully saturated rings. The van der Waals surface area contributed by atoms with Crippen LogP contribution in [0.1, 0.15) is 21.1 Å². The normalized spacial score (nSPS) is 10.3. The molecule has 0 aliphatic rings. The molecule has 2 aromatic heterocycles. The molecule has 0 aliphatic carbocycles. The van der Waals surface area contributed by atoms with E-state index in [1.165, 1.54) is 18.3 Å². The predicted octanol–water partition coefficient (Wildman–Crippen LogP) is 1.41. The Balaban J connectivity index is 2.09.